The van der Waals surface area contributed by atoms with Gasteiger partial charge in [0.25, 0.3) is 0 Å². The second-order valence-corrected chi connectivity index (χ2v) is 4.07. The molecule has 0 aromatic heterocycles. The van der Waals surface area contributed by atoms with Crippen molar-refractivity contribution in [3.8, 4) is 0 Å². The average molecular weight is 262 g/mol. The molecule has 98 valence electrons. The molecule has 19 heavy (non-hydrogen) atoms. The highest BCUT2D eigenvalue weighted by Crippen LogP contribution is 2.18. The Morgan fingerprint density at radius 1 is 1.11 bits per heavy atom. The van der Waals surface area contributed by atoms with Gasteiger partial charge in [-0.3, -0.25) is 4.79 Å². The Labute approximate surface area is 109 Å². The van der Waals surface area contributed by atoms with Crippen LogP contribution < -0.4 is 0 Å². The fourth-order valence-electron chi connectivity index (χ4n) is 1.83. The summed E-state index contributed by atoms with van der Waals surface area (Å²) in [7, 11) is 1.49. The number of benzene rings is 2. The molecule has 0 aliphatic heterocycles. The number of hydrogen-bond acceptors (Lipinski definition) is 2. The van der Waals surface area contributed by atoms with Gasteiger partial charge in [0.1, 0.15) is 11.6 Å². The minimum atomic E-state index is -0.514. The van der Waals surface area contributed by atoms with E-state index in [0.29, 0.717) is 5.56 Å². The fourth-order valence-corrected chi connectivity index (χ4v) is 1.83. The predicted molar refractivity (Wildman–Crippen MR) is 66.9 cm³/mol. The predicted octanol–water partition coefficient (Wildman–Crippen LogP) is 3.34. The molecule has 0 saturated heterocycles. The lowest BCUT2D eigenvalue weighted by Crippen LogP contribution is -2.07. The first-order valence-electron chi connectivity index (χ1n) is 5.69. The van der Waals surface area contributed by atoms with E-state index in [-0.39, 0.29) is 17.7 Å². The number of halogens is 2. The molecule has 0 aliphatic rings. The molecule has 0 amide bonds. The summed E-state index contributed by atoms with van der Waals surface area (Å²) in [5, 5.41) is 0. The van der Waals surface area contributed by atoms with Crippen LogP contribution in [0.2, 0.25) is 0 Å². The van der Waals surface area contributed by atoms with Gasteiger partial charge in [0.2, 0.25) is 0 Å². The molecular formula is C15H12F2O2. The molecular weight excluding hydrogens is 250 g/mol. The van der Waals surface area contributed by atoms with Crippen molar-refractivity contribution in [3.63, 3.8) is 0 Å². The topological polar surface area (TPSA) is 26.3 Å². The second-order valence-electron chi connectivity index (χ2n) is 4.07. The molecule has 0 atom stereocenters. The molecule has 0 aliphatic carbocycles. The van der Waals surface area contributed by atoms with Gasteiger partial charge in [-0.15, -0.1) is 0 Å². The molecule has 4 heteroatoms. The minimum absolute atomic E-state index is 0.183. The van der Waals surface area contributed by atoms with Gasteiger partial charge < -0.3 is 4.74 Å². The molecule has 0 fully saturated rings. The van der Waals surface area contributed by atoms with Crippen LogP contribution in [-0.4, -0.2) is 12.9 Å². The second kappa shape index (κ2) is 5.71. The standard InChI is InChI=1S/C15H12F2O2/c1-19-9-11-5-6-13(17)8-14(11)15(18)10-3-2-4-12(16)7-10/h2-8H,9H2,1H3. The van der Waals surface area contributed by atoms with E-state index >= 15 is 0 Å². The van der Waals surface area contributed by atoms with Crippen molar-refractivity contribution in [1.82, 2.24) is 0 Å². The molecule has 0 spiro atoms. The Bertz CT molecular complexity index is 609. The first-order chi connectivity index (χ1) is 9.11. The molecule has 2 rings (SSSR count). The monoisotopic (exact) mass is 262 g/mol. The van der Waals surface area contributed by atoms with Crippen molar-refractivity contribution in [2.75, 3.05) is 7.11 Å². The number of carbonyl (C=O) groups is 1. The molecule has 0 heterocycles. The quantitative estimate of drug-likeness (QED) is 0.790. The summed E-state index contributed by atoms with van der Waals surface area (Å²) >= 11 is 0. The highest BCUT2D eigenvalue weighted by molar-refractivity contribution is 6.09. The minimum Gasteiger partial charge on any atom is -0.380 e. The van der Waals surface area contributed by atoms with Crippen LogP contribution in [0.15, 0.2) is 42.5 Å². The zero-order valence-electron chi connectivity index (χ0n) is 10.3. The number of hydrogen-bond donors (Lipinski definition) is 0. The van der Waals surface area contributed by atoms with E-state index in [9.17, 15) is 13.6 Å². The molecule has 2 aromatic carbocycles. The zero-order chi connectivity index (χ0) is 13.8. The van der Waals surface area contributed by atoms with Crippen LogP contribution in [0.3, 0.4) is 0 Å². The van der Waals surface area contributed by atoms with Crippen molar-refractivity contribution in [2.45, 2.75) is 6.61 Å². The lowest BCUT2D eigenvalue weighted by atomic mass is 9.98. The van der Waals surface area contributed by atoms with Crippen molar-refractivity contribution in [2.24, 2.45) is 0 Å². The van der Waals surface area contributed by atoms with Crippen LogP contribution in [0, 0.1) is 11.6 Å². The number of carbonyl (C=O) groups excluding carboxylic acids is 1. The van der Waals surface area contributed by atoms with E-state index in [1.54, 1.807) is 0 Å². The van der Waals surface area contributed by atoms with Gasteiger partial charge in [-0.25, -0.2) is 8.78 Å². The Morgan fingerprint density at radius 3 is 2.53 bits per heavy atom. The molecule has 0 saturated carbocycles. The molecule has 0 N–H and O–H groups in total. The van der Waals surface area contributed by atoms with E-state index in [1.807, 2.05) is 0 Å². The van der Waals surface area contributed by atoms with Crippen LogP contribution in [0.5, 0.6) is 0 Å². The van der Waals surface area contributed by atoms with Crippen LogP contribution in [-0.2, 0) is 11.3 Å². The summed E-state index contributed by atoms with van der Waals surface area (Å²) in [4.78, 5) is 12.3. The van der Waals surface area contributed by atoms with E-state index in [0.717, 1.165) is 12.1 Å². The maximum Gasteiger partial charge on any atom is 0.193 e. The summed E-state index contributed by atoms with van der Waals surface area (Å²) < 4.78 is 31.4. The molecule has 2 aromatic rings. The van der Waals surface area contributed by atoms with Gasteiger partial charge in [-0.05, 0) is 29.8 Å². The van der Waals surface area contributed by atoms with Crippen LogP contribution in [0.25, 0.3) is 0 Å². The highest BCUT2D eigenvalue weighted by Gasteiger charge is 2.15. The van der Waals surface area contributed by atoms with E-state index < -0.39 is 17.4 Å². The maximum absolute atomic E-state index is 13.3. The van der Waals surface area contributed by atoms with Crippen LogP contribution >= 0.6 is 0 Å². The summed E-state index contributed by atoms with van der Waals surface area (Å²) in [6.45, 7) is 0.191. The SMILES string of the molecule is COCc1ccc(F)cc1C(=O)c1cccc(F)c1. The van der Waals surface area contributed by atoms with Crippen molar-refractivity contribution < 1.29 is 18.3 Å². The van der Waals surface area contributed by atoms with Gasteiger partial charge in [0.05, 0.1) is 6.61 Å². The summed E-state index contributed by atoms with van der Waals surface area (Å²) in [6, 6.07) is 9.21. The third-order valence-corrected chi connectivity index (χ3v) is 2.70. The molecule has 0 unspecified atom stereocenters. The lowest BCUT2D eigenvalue weighted by molar-refractivity contribution is 0.103. The van der Waals surface area contributed by atoms with Crippen molar-refractivity contribution >= 4 is 5.78 Å². The third-order valence-electron chi connectivity index (χ3n) is 2.70. The average Bonchev–Trinajstić information content (AvgIpc) is 2.40. The van der Waals surface area contributed by atoms with Gasteiger partial charge in [0, 0.05) is 18.2 Å². The van der Waals surface area contributed by atoms with Gasteiger partial charge in [0.15, 0.2) is 5.78 Å². The summed E-state index contributed by atoms with van der Waals surface area (Å²) in [5.41, 5.74) is 0.938. The Morgan fingerprint density at radius 2 is 1.84 bits per heavy atom. The van der Waals surface area contributed by atoms with Gasteiger partial charge in [-0.2, -0.15) is 0 Å². The lowest BCUT2D eigenvalue weighted by Gasteiger charge is -2.08. The number of methoxy groups -OCH3 is 1. The molecule has 2 nitrogen and oxygen atoms in total. The fraction of sp³-hybridized carbons (Fsp3) is 0.133. The smallest absolute Gasteiger partial charge is 0.193 e. The van der Waals surface area contributed by atoms with Gasteiger partial charge >= 0.3 is 0 Å². The van der Waals surface area contributed by atoms with Crippen LogP contribution in [0.1, 0.15) is 21.5 Å². The highest BCUT2D eigenvalue weighted by atomic mass is 19.1. The van der Waals surface area contributed by atoms with Crippen LogP contribution in [0.4, 0.5) is 8.78 Å². The first kappa shape index (κ1) is 13.4. The molecule has 0 radical (unpaired) electrons. The zero-order valence-corrected chi connectivity index (χ0v) is 10.3. The number of ether oxygens (including phenoxy) is 1. The molecule has 0 bridgehead atoms. The van der Waals surface area contributed by atoms with E-state index in [4.69, 9.17) is 4.74 Å². The Kier molecular flexibility index (Phi) is 4.02. The van der Waals surface area contributed by atoms with Gasteiger partial charge in [-0.1, -0.05) is 18.2 Å². The van der Waals surface area contributed by atoms with Crippen molar-refractivity contribution in [3.05, 3.63) is 70.8 Å². The number of rotatable bonds is 4. The van der Waals surface area contributed by atoms with Crippen molar-refractivity contribution in [1.29, 1.82) is 0 Å². The maximum atomic E-state index is 13.3. The normalized spacial score (nSPS) is 10.5. The first-order valence-corrected chi connectivity index (χ1v) is 5.69. The Hall–Kier alpha value is -2.07. The van der Waals surface area contributed by atoms with E-state index in [1.165, 1.54) is 37.4 Å². The summed E-state index contributed by atoms with van der Waals surface area (Å²) in [6.07, 6.45) is 0. The number of ketones is 1. The third kappa shape index (κ3) is 3.03. The Balaban J connectivity index is 2.45. The van der Waals surface area contributed by atoms with E-state index in [2.05, 4.69) is 0 Å². The largest absolute Gasteiger partial charge is 0.380 e. The summed E-state index contributed by atoms with van der Waals surface area (Å²) in [5.74, 6) is -1.44.